The number of nitrogens with zero attached hydrogens (tertiary/aromatic N) is 4. The molecule has 8 nitrogen and oxygen atoms in total. The van der Waals surface area contributed by atoms with Crippen molar-refractivity contribution in [1.82, 2.24) is 23.8 Å². The molecule has 1 aliphatic heterocycles. The van der Waals surface area contributed by atoms with Crippen LogP contribution in [0.5, 0.6) is 0 Å². The van der Waals surface area contributed by atoms with Crippen LogP contribution in [0.4, 0.5) is 0 Å². The van der Waals surface area contributed by atoms with Gasteiger partial charge in [-0.2, -0.15) is 22.5 Å². The van der Waals surface area contributed by atoms with Crippen LogP contribution in [0.1, 0.15) is 45.0 Å². The second-order valence-corrected chi connectivity index (χ2v) is 7.05. The molecule has 1 unspecified atom stereocenters. The summed E-state index contributed by atoms with van der Waals surface area (Å²) in [5.74, 6) is 0.653. The largest absolute Gasteiger partial charge is 0.381 e. The molecule has 1 aromatic heterocycles. The van der Waals surface area contributed by atoms with Crippen molar-refractivity contribution in [2.75, 3.05) is 20.2 Å². The first-order valence-electron chi connectivity index (χ1n) is 7.69. The minimum absolute atomic E-state index is 0.150. The normalized spacial score (nSPS) is 19.4. The highest BCUT2D eigenvalue weighted by Crippen LogP contribution is 2.19. The van der Waals surface area contributed by atoms with Crippen LogP contribution in [0, 0.1) is 0 Å². The third kappa shape index (κ3) is 3.83. The summed E-state index contributed by atoms with van der Waals surface area (Å²) in [6, 6.07) is -0.368. The quantitative estimate of drug-likeness (QED) is 0.794. The van der Waals surface area contributed by atoms with Gasteiger partial charge in [0, 0.05) is 26.7 Å². The lowest BCUT2D eigenvalue weighted by atomic mass is 10.1. The minimum Gasteiger partial charge on any atom is -0.381 e. The van der Waals surface area contributed by atoms with E-state index in [-0.39, 0.29) is 12.1 Å². The van der Waals surface area contributed by atoms with Crippen LogP contribution in [0.15, 0.2) is 6.33 Å². The fraction of sp³-hybridized carbons (Fsp3) is 0.846. The molecule has 0 aromatic carbocycles. The van der Waals surface area contributed by atoms with Gasteiger partial charge < -0.3 is 4.74 Å². The summed E-state index contributed by atoms with van der Waals surface area (Å²) in [7, 11) is -1.87. The van der Waals surface area contributed by atoms with Crippen molar-refractivity contribution in [3.63, 3.8) is 0 Å². The van der Waals surface area contributed by atoms with Crippen LogP contribution in [-0.2, 0) is 21.5 Å². The smallest absolute Gasteiger partial charge is 0.280 e. The predicted molar refractivity (Wildman–Crippen MR) is 82.4 cm³/mol. The van der Waals surface area contributed by atoms with Gasteiger partial charge in [0.15, 0.2) is 0 Å². The lowest BCUT2D eigenvalue weighted by Gasteiger charge is -2.31. The molecule has 22 heavy (non-hydrogen) atoms. The molecule has 1 N–H and O–H groups in total. The molecule has 0 bridgehead atoms. The molecule has 1 aliphatic rings. The molecular formula is C13H25N5O3S. The van der Waals surface area contributed by atoms with Gasteiger partial charge in [-0.25, -0.2) is 9.67 Å². The van der Waals surface area contributed by atoms with Crippen molar-refractivity contribution in [1.29, 1.82) is 0 Å². The molecule has 0 saturated carbocycles. The molecule has 1 saturated heterocycles. The molecule has 1 fully saturated rings. The number of hydrogen-bond donors (Lipinski definition) is 1. The topological polar surface area (TPSA) is 89.3 Å². The number of nitrogens with one attached hydrogen (secondary N) is 1. The first-order valence-corrected chi connectivity index (χ1v) is 9.13. The lowest BCUT2D eigenvalue weighted by molar-refractivity contribution is 0.0601. The highest BCUT2D eigenvalue weighted by atomic mass is 32.2. The van der Waals surface area contributed by atoms with E-state index in [9.17, 15) is 8.42 Å². The lowest BCUT2D eigenvalue weighted by Crippen LogP contribution is -2.47. The number of hydrogen-bond acceptors (Lipinski definition) is 5. The van der Waals surface area contributed by atoms with Crippen LogP contribution < -0.4 is 4.72 Å². The number of aryl methyl sites for hydroxylation is 1. The Kier molecular flexibility index (Phi) is 5.90. The summed E-state index contributed by atoms with van der Waals surface area (Å²) in [5.41, 5.74) is 0. The first-order chi connectivity index (χ1) is 10.5. The van der Waals surface area contributed by atoms with Crippen LogP contribution in [0.25, 0.3) is 0 Å². The summed E-state index contributed by atoms with van der Waals surface area (Å²) >= 11 is 0. The maximum Gasteiger partial charge on any atom is 0.280 e. The van der Waals surface area contributed by atoms with Crippen molar-refractivity contribution in [3.8, 4) is 0 Å². The van der Waals surface area contributed by atoms with E-state index in [1.165, 1.54) is 10.6 Å². The molecular weight excluding hydrogens is 306 g/mol. The van der Waals surface area contributed by atoms with Crippen LogP contribution in [-0.4, -0.2) is 53.8 Å². The molecule has 0 radical (unpaired) electrons. The summed E-state index contributed by atoms with van der Waals surface area (Å²) in [5, 5.41) is 4.11. The molecule has 0 aliphatic carbocycles. The molecule has 0 amide bonds. The second kappa shape index (κ2) is 7.49. The van der Waals surface area contributed by atoms with Gasteiger partial charge in [0.25, 0.3) is 10.2 Å². The van der Waals surface area contributed by atoms with Gasteiger partial charge >= 0.3 is 0 Å². The fourth-order valence-electron chi connectivity index (χ4n) is 2.67. The standard InChI is InChI=1S/C13H25N5O3S/c1-4-12(13-14-10-15-18(13)5-2)16-22(19,20)17-8-6-11(21-3)7-9-17/h10-12,16H,4-9H2,1-3H3. The Morgan fingerprint density at radius 3 is 2.64 bits per heavy atom. The molecule has 0 spiro atoms. The van der Waals surface area contributed by atoms with Crippen LogP contribution >= 0.6 is 0 Å². The Hall–Kier alpha value is -1.03. The van der Waals surface area contributed by atoms with E-state index in [1.807, 2.05) is 13.8 Å². The van der Waals surface area contributed by atoms with Crippen LogP contribution in [0.3, 0.4) is 0 Å². The van der Waals surface area contributed by atoms with Crippen LogP contribution in [0.2, 0.25) is 0 Å². The van der Waals surface area contributed by atoms with Gasteiger partial charge in [-0.3, -0.25) is 0 Å². The van der Waals surface area contributed by atoms with E-state index in [0.29, 0.717) is 31.9 Å². The number of ether oxygens (including phenoxy) is 1. The summed E-state index contributed by atoms with van der Waals surface area (Å²) in [6.07, 6.45) is 3.67. The van der Waals surface area contributed by atoms with Crippen molar-refractivity contribution in [3.05, 3.63) is 12.2 Å². The zero-order valence-corrected chi connectivity index (χ0v) is 14.2. The second-order valence-electron chi connectivity index (χ2n) is 5.35. The van der Waals surface area contributed by atoms with Gasteiger partial charge in [0.05, 0.1) is 12.1 Å². The summed E-state index contributed by atoms with van der Waals surface area (Å²) in [6.45, 7) is 5.50. The van der Waals surface area contributed by atoms with Gasteiger partial charge in [-0.05, 0) is 26.2 Å². The van der Waals surface area contributed by atoms with Gasteiger partial charge in [0.2, 0.25) is 0 Å². The molecule has 2 rings (SSSR count). The monoisotopic (exact) mass is 331 g/mol. The van der Waals surface area contributed by atoms with Gasteiger partial charge in [-0.15, -0.1) is 0 Å². The zero-order valence-electron chi connectivity index (χ0n) is 13.4. The maximum absolute atomic E-state index is 12.6. The summed E-state index contributed by atoms with van der Waals surface area (Å²) < 4.78 is 36.4. The number of rotatable bonds is 7. The van der Waals surface area contributed by atoms with Crippen molar-refractivity contribution >= 4 is 10.2 Å². The molecule has 1 aromatic rings. The Bertz CT molecular complexity index is 566. The van der Waals surface area contributed by atoms with E-state index in [4.69, 9.17) is 4.74 Å². The van der Waals surface area contributed by atoms with Crippen molar-refractivity contribution < 1.29 is 13.2 Å². The summed E-state index contributed by atoms with van der Waals surface area (Å²) in [4.78, 5) is 4.20. The van der Waals surface area contributed by atoms with E-state index in [1.54, 1.807) is 11.8 Å². The number of methoxy groups -OCH3 is 1. The number of piperidine rings is 1. The third-order valence-electron chi connectivity index (χ3n) is 4.03. The predicted octanol–water partition coefficient (Wildman–Crippen LogP) is 0.694. The van der Waals surface area contributed by atoms with Crippen molar-refractivity contribution in [2.45, 2.75) is 51.8 Å². The highest BCUT2D eigenvalue weighted by molar-refractivity contribution is 7.87. The van der Waals surface area contributed by atoms with E-state index in [2.05, 4.69) is 14.8 Å². The Labute approximate surface area is 132 Å². The molecule has 126 valence electrons. The molecule has 1 atom stereocenters. The first kappa shape index (κ1) is 17.3. The zero-order chi connectivity index (χ0) is 16.2. The Morgan fingerprint density at radius 1 is 1.41 bits per heavy atom. The maximum atomic E-state index is 12.6. The Morgan fingerprint density at radius 2 is 2.09 bits per heavy atom. The Balaban J connectivity index is 2.07. The van der Waals surface area contributed by atoms with E-state index < -0.39 is 10.2 Å². The third-order valence-corrected chi connectivity index (χ3v) is 5.66. The number of aromatic nitrogens is 3. The molecule has 9 heteroatoms. The SMILES string of the molecule is CCC(NS(=O)(=O)N1CCC(OC)CC1)c1ncnn1CC. The molecule has 2 heterocycles. The fourth-order valence-corrected chi connectivity index (χ4v) is 4.14. The van der Waals surface area contributed by atoms with Gasteiger partial charge in [-0.1, -0.05) is 6.92 Å². The van der Waals surface area contributed by atoms with E-state index in [0.717, 1.165) is 12.8 Å². The minimum atomic E-state index is -3.53. The van der Waals surface area contributed by atoms with Crippen molar-refractivity contribution in [2.24, 2.45) is 0 Å². The van der Waals surface area contributed by atoms with Gasteiger partial charge in [0.1, 0.15) is 12.2 Å². The van der Waals surface area contributed by atoms with E-state index >= 15 is 0 Å². The highest BCUT2D eigenvalue weighted by Gasteiger charge is 2.31. The average Bonchev–Trinajstić information content (AvgIpc) is 3.01. The average molecular weight is 331 g/mol.